The number of unbranched alkanes of at least 4 members (excludes halogenated alkanes) is 1. The summed E-state index contributed by atoms with van der Waals surface area (Å²) < 4.78 is 4.98. The van der Waals surface area contributed by atoms with Crippen LogP contribution in [0.15, 0.2) is 30.3 Å². The van der Waals surface area contributed by atoms with E-state index >= 15 is 0 Å². The molecule has 0 spiro atoms. The molecule has 0 fully saturated rings. The minimum absolute atomic E-state index is 0.882. The number of rotatable bonds is 5. The van der Waals surface area contributed by atoms with Crippen molar-refractivity contribution in [2.45, 2.75) is 19.3 Å². The third-order valence-corrected chi connectivity index (χ3v) is 1.91. The lowest BCUT2D eigenvalue weighted by Gasteiger charge is -1.99. The molecular weight excluding hydrogens is 148 g/mol. The van der Waals surface area contributed by atoms with E-state index in [-0.39, 0.29) is 0 Å². The van der Waals surface area contributed by atoms with Crippen LogP contribution < -0.4 is 0 Å². The van der Waals surface area contributed by atoms with Gasteiger partial charge in [0.1, 0.15) is 0 Å². The van der Waals surface area contributed by atoms with Crippen LogP contribution >= 0.6 is 0 Å². The molecule has 0 amide bonds. The van der Waals surface area contributed by atoms with E-state index in [1.54, 1.807) is 7.11 Å². The number of methoxy groups -OCH3 is 1. The predicted octanol–water partition coefficient (Wildman–Crippen LogP) is 2.66. The third kappa shape index (κ3) is 3.54. The molecule has 1 rings (SSSR count). The van der Waals surface area contributed by atoms with Gasteiger partial charge in [-0.05, 0) is 24.8 Å². The molecule has 12 heavy (non-hydrogen) atoms. The molecule has 0 saturated heterocycles. The molecule has 1 heteroatoms. The summed E-state index contributed by atoms with van der Waals surface area (Å²) >= 11 is 0. The molecule has 1 nitrogen and oxygen atoms in total. The average Bonchev–Trinajstić information content (AvgIpc) is 2.14. The second-order valence-corrected chi connectivity index (χ2v) is 2.94. The van der Waals surface area contributed by atoms with Crippen LogP contribution in [0.25, 0.3) is 0 Å². The zero-order chi connectivity index (χ0) is 8.65. The molecule has 0 aliphatic heterocycles. The van der Waals surface area contributed by atoms with Crippen LogP contribution in [-0.2, 0) is 11.2 Å². The molecule has 0 aliphatic carbocycles. The lowest BCUT2D eigenvalue weighted by molar-refractivity contribution is 0.193. The standard InChI is InChI=1S/C11H16O/c1-12-10-6-5-9-11-7-3-2-4-8-11/h2-4,7-8H,5-6,9-10H2,1H3. The van der Waals surface area contributed by atoms with Crippen molar-refractivity contribution in [2.24, 2.45) is 0 Å². The van der Waals surface area contributed by atoms with Crippen molar-refractivity contribution in [3.8, 4) is 0 Å². The molecule has 0 aromatic heterocycles. The molecule has 0 radical (unpaired) electrons. The number of hydrogen-bond donors (Lipinski definition) is 0. The second-order valence-electron chi connectivity index (χ2n) is 2.94. The van der Waals surface area contributed by atoms with Crippen molar-refractivity contribution < 1.29 is 4.74 Å². The molecule has 0 atom stereocenters. The summed E-state index contributed by atoms with van der Waals surface area (Å²) in [5.74, 6) is 0. The van der Waals surface area contributed by atoms with Gasteiger partial charge in [-0.3, -0.25) is 0 Å². The Kier molecular flexibility index (Phi) is 4.47. The smallest absolute Gasteiger partial charge is 0.0462 e. The largest absolute Gasteiger partial charge is 0.385 e. The Balaban J connectivity index is 2.16. The first-order valence-electron chi connectivity index (χ1n) is 4.46. The zero-order valence-electron chi connectivity index (χ0n) is 7.62. The van der Waals surface area contributed by atoms with Gasteiger partial charge in [0, 0.05) is 13.7 Å². The van der Waals surface area contributed by atoms with E-state index in [9.17, 15) is 0 Å². The normalized spacial score (nSPS) is 10.1. The van der Waals surface area contributed by atoms with Crippen LogP contribution in [0.2, 0.25) is 0 Å². The highest BCUT2D eigenvalue weighted by molar-refractivity contribution is 5.14. The van der Waals surface area contributed by atoms with Gasteiger partial charge in [0.2, 0.25) is 0 Å². The topological polar surface area (TPSA) is 9.23 Å². The van der Waals surface area contributed by atoms with E-state index < -0.39 is 0 Å². The van der Waals surface area contributed by atoms with Crippen molar-refractivity contribution in [1.29, 1.82) is 0 Å². The number of ether oxygens (including phenoxy) is 1. The zero-order valence-corrected chi connectivity index (χ0v) is 7.62. The van der Waals surface area contributed by atoms with E-state index in [2.05, 4.69) is 30.3 Å². The molecule has 1 aromatic rings. The molecule has 0 saturated carbocycles. The first-order chi connectivity index (χ1) is 5.93. The summed E-state index contributed by atoms with van der Waals surface area (Å²) in [6.07, 6.45) is 3.55. The summed E-state index contributed by atoms with van der Waals surface area (Å²) in [4.78, 5) is 0. The van der Waals surface area contributed by atoms with E-state index in [0.29, 0.717) is 0 Å². The average molecular weight is 164 g/mol. The predicted molar refractivity (Wildman–Crippen MR) is 51.3 cm³/mol. The van der Waals surface area contributed by atoms with Crippen molar-refractivity contribution in [3.05, 3.63) is 35.9 Å². The SMILES string of the molecule is COCCCCc1ccccc1. The van der Waals surface area contributed by atoms with Crippen molar-refractivity contribution >= 4 is 0 Å². The highest BCUT2D eigenvalue weighted by Gasteiger charge is 1.90. The van der Waals surface area contributed by atoms with Gasteiger partial charge in [0.25, 0.3) is 0 Å². The summed E-state index contributed by atoms with van der Waals surface area (Å²) in [7, 11) is 1.75. The van der Waals surface area contributed by atoms with Gasteiger partial charge in [-0.2, -0.15) is 0 Å². The number of benzene rings is 1. The fourth-order valence-corrected chi connectivity index (χ4v) is 1.22. The van der Waals surface area contributed by atoms with E-state index in [4.69, 9.17) is 4.74 Å². The van der Waals surface area contributed by atoms with Crippen LogP contribution in [-0.4, -0.2) is 13.7 Å². The molecule has 0 heterocycles. The second kappa shape index (κ2) is 5.78. The quantitative estimate of drug-likeness (QED) is 0.608. The maximum Gasteiger partial charge on any atom is 0.0462 e. The minimum atomic E-state index is 0.882. The molecule has 0 bridgehead atoms. The van der Waals surface area contributed by atoms with Gasteiger partial charge in [-0.1, -0.05) is 30.3 Å². The van der Waals surface area contributed by atoms with E-state index in [1.807, 2.05) is 0 Å². The molecule has 0 N–H and O–H groups in total. The van der Waals surface area contributed by atoms with Crippen molar-refractivity contribution in [3.63, 3.8) is 0 Å². The van der Waals surface area contributed by atoms with Crippen LogP contribution in [0.1, 0.15) is 18.4 Å². The van der Waals surface area contributed by atoms with Crippen LogP contribution in [0.5, 0.6) is 0 Å². The first-order valence-corrected chi connectivity index (χ1v) is 4.46. The number of aryl methyl sites for hydroxylation is 1. The Morgan fingerprint density at radius 1 is 1.08 bits per heavy atom. The Hall–Kier alpha value is -0.820. The monoisotopic (exact) mass is 164 g/mol. The van der Waals surface area contributed by atoms with Gasteiger partial charge < -0.3 is 4.74 Å². The molecule has 0 aliphatic rings. The minimum Gasteiger partial charge on any atom is -0.385 e. The van der Waals surface area contributed by atoms with Crippen LogP contribution in [0, 0.1) is 0 Å². The fourth-order valence-electron chi connectivity index (χ4n) is 1.22. The summed E-state index contributed by atoms with van der Waals surface area (Å²) in [5.41, 5.74) is 1.42. The Morgan fingerprint density at radius 2 is 1.83 bits per heavy atom. The lowest BCUT2D eigenvalue weighted by Crippen LogP contribution is -1.90. The fraction of sp³-hybridized carbons (Fsp3) is 0.455. The van der Waals surface area contributed by atoms with E-state index in [0.717, 1.165) is 13.0 Å². The highest BCUT2D eigenvalue weighted by atomic mass is 16.5. The molecule has 1 aromatic carbocycles. The molecule has 0 unspecified atom stereocenters. The van der Waals surface area contributed by atoms with Gasteiger partial charge in [0.05, 0.1) is 0 Å². The molecule has 66 valence electrons. The molecular formula is C11H16O. The summed E-state index contributed by atoms with van der Waals surface area (Å²) in [6, 6.07) is 10.6. The first kappa shape index (κ1) is 9.27. The Labute approximate surface area is 74.4 Å². The van der Waals surface area contributed by atoms with Crippen molar-refractivity contribution in [2.75, 3.05) is 13.7 Å². The van der Waals surface area contributed by atoms with Gasteiger partial charge >= 0.3 is 0 Å². The van der Waals surface area contributed by atoms with Crippen molar-refractivity contribution in [1.82, 2.24) is 0 Å². The maximum atomic E-state index is 4.98. The highest BCUT2D eigenvalue weighted by Crippen LogP contribution is 2.03. The number of hydrogen-bond acceptors (Lipinski definition) is 1. The summed E-state index contributed by atoms with van der Waals surface area (Å²) in [6.45, 7) is 0.882. The van der Waals surface area contributed by atoms with E-state index in [1.165, 1.54) is 18.4 Å². The third-order valence-electron chi connectivity index (χ3n) is 1.91. The van der Waals surface area contributed by atoms with Gasteiger partial charge in [-0.25, -0.2) is 0 Å². The summed E-state index contributed by atoms with van der Waals surface area (Å²) in [5, 5.41) is 0. The van der Waals surface area contributed by atoms with Gasteiger partial charge in [-0.15, -0.1) is 0 Å². The van der Waals surface area contributed by atoms with Crippen LogP contribution in [0.4, 0.5) is 0 Å². The Morgan fingerprint density at radius 3 is 2.50 bits per heavy atom. The maximum absolute atomic E-state index is 4.98. The Bertz CT molecular complexity index is 193. The van der Waals surface area contributed by atoms with Crippen LogP contribution in [0.3, 0.4) is 0 Å². The van der Waals surface area contributed by atoms with Gasteiger partial charge in [0.15, 0.2) is 0 Å². The lowest BCUT2D eigenvalue weighted by atomic mass is 10.1.